The molecule has 1 heterocycles. The molecular formula is C27H30FN3O5. The van der Waals surface area contributed by atoms with E-state index in [4.69, 9.17) is 9.84 Å². The minimum Gasteiger partial charge on any atom is -0.388 e. The Bertz CT molecular complexity index is 1150. The van der Waals surface area contributed by atoms with Gasteiger partial charge < -0.3 is 20.1 Å². The first-order valence-corrected chi connectivity index (χ1v) is 11.6. The van der Waals surface area contributed by atoms with Crippen LogP contribution in [0.25, 0.3) is 0 Å². The minimum atomic E-state index is -1.43. The summed E-state index contributed by atoms with van der Waals surface area (Å²) in [6, 6.07) is 9.79. The molecule has 0 bridgehead atoms. The Balaban J connectivity index is 1.64. The number of hydrogen-bond acceptors (Lipinski definition) is 6. The number of rotatable bonds is 9. The van der Waals surface area contributed by atoms with Crippen molar-refractivity contribution in [3.8, 4) is 11.8 Å². The topological polar surface area (TPSA) is 99.2 Å². The van der Waals surface area contributed by atoms with Crippen LogP contribution in [0.4, 0.5) is 4.39 Å². The lowest BCUT2D eigenvalue weighted by Gasteiger charge is -2.38. The van der Waals surface area contributed by atoms with Crippen molar-refractivity contribution < 1.29 is 28.6 Å². The zero-order valence-corrected chi connectivity index (χ0v) is 20.6. The molecule has 2 aromatic rings. The number of hydrogen-bond donors (Lipinski definition) is 2. The number of nitrogens with one attached hydrogen (secondary N) is 1. The lowest BCUT2D eigenvalue weighted by atomic mass is 10.1. The van der Waals surface area contributed by atoms with Crippen molar-refractivity contribution in [3.63, 3.8) is 0 Å². The fourth-order valence-corrected chi connectivity index (χ4v) is 3.91. The Morgan fingerprint density at radius 1 is 1.17 bits per heavy atom. The van der Waals surface area contributed by atoms with Gasteiger partial charge in [-0.1, -0.05) is 17.9 Å². The van der Waals surface area contributed by atoms with Crippen LogP contribution in [0.5, 0.6) is 0 Å². The molecule has 1 unspecified atom stereocenters. The highest BCUT2D eigenvalue weighted by molar-refractivity contribution is 6.10. The van der Waals surface area contributed by atoms with Gasteiger partial charge in [0.15, 0.2) is 11.8 Å². The van der Waals surface area contributed by atoms with Crippen LogP contribution >= 0.6 is 0 Å². The summed E-state index contributed by atoms with van der Waals surface area (Å²) in [7, 11) is 2.66. The van der Waals surface area contributed by atoms with Gasteiger partial charge in [-0.3, -0.25) is 19.3 Å². The molecule has 2 aromatic carbocycles. The number of nitrogens with zero attached hydrogens (tertiary/aromatic N) is 2. The SMILES string of the molecule is CCOC1CN(Cc2ccc(C#Cc3ccc(C(=O)N(C)C(C(=O)CO)C(=O)NC)cc3)cc2F)C1. The van der Waals surface area contributed by atoms with E-state index < -0.39 is 30.2 Å². The standard InChI is InChI=1S/C27H30FN3O5/c1-4-36-22-15-31(16-22)14-21-12-9-19(13-23(21)28)6-5-18-7-10-20(11-8-18)27(35)30(3)25(24(33)17-32)26(34)29-2/h7-13,22,25,32H,4,14-17H2,1-3H3,(H,29,34). The number of likely N-dealkylation sites (tertiary alicyclic amines) is 1. The van der Waals surface area contributed by atoms with Gasteiger partial charge in [0.25, 0.3) is 5.91 Å². The average molecular weight is 496 g/mol. The van der Waals surface area contributed by atoms with E-state index in [-0.39, 0.29) is 17.5 Å². The summed E-state index contributed by atoms with van der Waals surface area (Å²) in [5.41, 5.74) is 1.99. The summed E-state index contributed by atoms with van der Waals surface area (Å²) in [4.78, 5) is 39.9. The minimum absolute atomic E-state index is 0.227. The summed E-state index contributed by atoms with van der Waals surface area (Å²) in [6.07, 6.45) is 0.227. The first-order valence-electron chi connectivity index (χ1n) is 11.6. The summed E-state index contributed by atoms with van der Waals surface area (Å²) in [6.45, 7) is 3.90. The number of halogens is 1. The Morgan fingerprint density at radius 3 is 2.39 bits per heavy atom. The second kappa shape index (κ2) is 12.4. The number of Topliss-reactive ketones (excluding diaryl/α,β-unsaturated/α-hetero) is 1. The number of ketones is 1. The third-order valence-corrected chi connectivity index (χ3v) is 5.92. The van der Waals surface area contributed by atoms with Gasteiger partial charge >= 0.3 is 0 Å². The maximum Gasteiger partial charge on any atom is 0.254 e. The largest absolute Gasteiger partial charge is 0.388 e. The number of carbonyl (C=O) groups excluding carboxylic acids is 3. The third kappa shape index (κ3) is 6.55. The van der Waals surface area contributed by atoms with E-state index in [1.54, 1.807) is 24.3 Å². The van der Waals surface area contributed by atoms with Gasteiger partial charge in [-0.15, -0.1) is 0 Å². The second-order valence-corrected chi connectivity index (χ2v) is 8.46. The maximum absolute atomic E-state index is 14.6. The summed E-state index contributed by atoms with van der Waals surface area (Å²) < 4.78 is 20.1. The number of aliphatic hydroxyl groups excluding tert-OH is 1. The van der Waals surface area contributed by atoms with E-state index in [0.29, 0.717) is 29.8 Å². The number of amides is 2. The number of aliphatic hydroxyl groups is 1. The van der Waals surface area contributed by atoms with Gasteiger partial charge in [0.05, 0.1) is 6.10 Å². The molecule has 2 N–H and O–H groups in total. The van der Waals surface area contributed by atoms with E-state index >= 15 is 0 Å². The predicted octanol–water partition coefficient (Wildman–Crippen LogP) is 1.19. The van der Waals surface area contributed by atoms with Gasteiger partial charge in [0.2, 0.25) is 5.91 Å². The van der Waals surface area contributed by atoms with E-state index in [9.17, 15) is 18.8 Å². The van der Waals surface area contributed by atoms with Gasteiger partial charge in [-0.25, -0.2) is 4.39 Å². The number of benzene rings is 2. The molecule has 0 spiro atoms. The molecule has 1 aliphatic rings. The van der Waals surface area contributed by atoms with Crippen LogP contribution < -0.4 is 5.32 Å². The maximum atomic E-state index is 14.6. The molecule has 0 aliphatic carbocycles. The van der Waals surface area contributed by atoms with Crippen molar-refractivity contribution in [1.82, 2.24) is 15.1 Å². The summed E-state index contributed by atoms with van der Waals surface area (Å²) in [5, 5.41) is 11.5. The lowest BCUT2D eigenvalue weighted by Crippen LogP contribution is -2.52. The molecule has 36 heavy (non-hydrogen) atoms. The summed E-state index contributed by atoms with van der Waals surface area (Å²) in [5.74, 6) is 3.52. The Hall–Kier alpha value is -3.58. The van der Waals surface area contributed by atoms with Crippen LogP contribution in [0, 0.1) is 17.7 Å². The Morgan fingerprint density at radius 2 is 1.81 bits per heavy atom. The Labute approximate surface area is 210 Å². The molecule has 1 atom stereocenters. The first-order chi connectivity index (χ1) is 17.3. The highest BCUT2D eigenvalue weighted by atomic mass is 19.1. The first kappa shape index (κ1) is 27.0. The van der Waals surface area contributed by atoms with Crippen molar-refractivity contribution in [2.24, 2.45) is 0 Å². The lowest BCUT2D eigenvalue weighted by molar-refractivity contribution is -0.135. The van der Waals surface area contributed by atoms with Gasteiger partial charge in [0.1, 0.15) is 12.4 Å². The number of carbonyl (C=O) groups is 3. The molecule has 9 heteroatoms. The third-order valence-electron chi connectivity index (χ3n) is 5.92. The normalized spacial score (nSPS) is 14.2. The molecule has 1 fully saturated rings. The van der Waals surface area contributed by atoms with Crippen LogP contribution in [0.2, 0.25) is 0 Å². The fourth-order valence-electron chi connectivity index (χ4n) is 3.91. The van der Waals surface area contributed by atoms with E-state index in [0.717, 1.165) is 18.0 Å². The quantitative estimate of drug-likeness (QED) is 0.401. The molecule has 8 nitrogen and oxygen atoms in total. The van der Waals surface area contributed by atoms with Crippen LogP contribution in [0.3, 0.4) is 0 Å². The van der Waals surface area contributed by atoms with E-state index in [1.165, 1.54) is 32.3 Å². The van der Waals surface area contributed by atoms with Crippen molar-refractivity contribution in [2.75, 3.05) is 40.4 Å². The second-order valence-electron chi connectivity index (χ2n) is 8.46. The highest BCUT2D eigenvalue weighted by Crippen LogP contribution is 2.18. The molecule has 0 radical (unpaired) electrons. The number of ether oxygens (including phenoxy) is 1. The molecule has 3 rings (SSSR count). The van der Waals surface area contributed by atoms with Crippen molar-refractivity contribution in [2.45, 2.75) is 25.6 Å². The predicted molar refractivity (Wildman–Crippen MR) is 132 cm³/mol. The molecule has 2 amide bonds. The molecule has 1 aliphatic heterocycles. The number of likely N-dealkylation sites (N-methyl/N-ethyl adjacent to an activating group) is 2. The van der Waals surface area contributed by atoms with Gasteiger partial charge in [-0.05, 0) is 43.3 Å². The smallest absolute Gasteiger partial charge is 0.254 e. The molecular weight excluding hydrogens is 465 g/mol. The van der Waals surface area contributed by atoms with E-state index in [2.05, 4.69) is 22.1 Å². The molecule has 0 saturated carbocycles. The monoisotopic (exact) mass is 495 g/mol. The molecule has 1 saturated heterocycles. The zero-order valence-electron chi connectivity index (χ0n) is 20.6. The van der Waals surface area contributed by atoms with Gasteiger partial charge in [-0.2, -0.15) is 0 Å². The Kier molecular flexibility index (Phi) is 9.31. The highest BCUT2D eigenvalue weighted by Gasteiger charge is 2.32. The zero-order chi connectivity index (χ0) is 26.2. The van der Waals surface area contributed by atoms with Crippen LogP contribution in [-0.4, -0.2) is 85.0 Å². The van der Waals surface area contributed by atoms with Crippen LogP contribution in [0.15, 0.2) is 42.5 Å². The van der Waals surface area contributed by atoms with Crippen molar-refractivity contribution in [3.05, 3.63) is 70.5 Å². The fraction of sp³-hybridized carbons (Fsp3) is 0.370. The van der Waals surface area contributed by atoms with Crippen molar-refractivity contribution >= 4 is 17.6 Å². The average Bonchev–Trinajstić information content (AvgIpc) is 2.86. The summed E-state index contributed by atoms with van der Waals surface area (Å²) >= 11 is 0. The van der Waals surface area contributed by atoms with Crippen LogP contribution in [0.1, 0.15) is 34.0 Å². The molecule has 0 aromatic heterocycles. The molecule has 190 valence electrons. The van der Waals surface area contributed by atoms with Crippen LogP contribution in [-0.2, 0) is 20.9 Å². The van der Waals surface area contributed by atoms with E-state index in [1.807, 2.05) is 6.92 Å². The van der Waals surface area contributed by atoms with Crippen molar-refractivity contribution in [1.29, 1.82) is 0 Å². The van der Waals surface area contributed by atoms with Gasteiger partial charge in [0, 0.05) is 62.6 Å².